The predicted octanol–water partition coefficient (Wildman–Crippen LogP) is 1.22. The lowest BCUT2D eigenvalue weighted by molar-refractivity contribution is -0.407. The van der Waals surface area contributed by atoms with Crippen molar-refractivity contribution in [3.8, 4) is 0 Å². The Morgan fingerprint density at radius 2 is 2.18 bits per heavy atom. The van der Waals surface area contributed by atoms with E-state index in [0.717, 1.165) is 10.5 Å². The van der Waals surface area contributed by atoms with Crippen molar-refractivity contribution < 1.29 is 14.2 Å². The first-order chi connectivity index (χ1) is 7.99. The summed E-state index contributed by atoms with van der Waals surface area (Å²) in [7, 11) is 3.04. The van der Waals surface area contributed by atoms with E-state index in [2.05, 4.69) is 4.99 Å². The quantitative estimate of drug-likeness (QED) is 0.661. The monoisotopic (exact) mass is 254 g/mol. The Morgan fingerprint density at radius 3 is 2.76 bits per heavy atom. The summed E-state index contributed by atoms with van der Waals surface area (Å²) < 4.78 is 1.36. The number of carbonyl (C=O) groups is 2. The summed E-state index contributed by atoms with van der Waals surface area (Å²) in [4.78, 5) is 29.0. The minimum Gasteiger partial charge on any atom is -0.255 e. The van der Waals surface area contributed by atoms with Gasteiger partial charge in [-0.3, -0.25) is 4.79 Å². The number of aliphatic imine (C=N–C) groups is 1. The van der Waals surface area contributed by atoms with Gasteiger partial charge in [0.25, 0.3) is 5.84 Å². The van der Waals surface area contributed by atoms with Gasteiger partial charge in [-0.05, 0) is 6.42 Å². The van der Waals surface area contributed by atoms with Crippen LogP contribution in [0.4, 0.5) is 4.79 Å². The molecular formula is C11H13ClN3O2+. The highest BCUT2D eigenvalue weighted by Gasteiger charge is 2.47. The molecule has 0 aliphatic carbocycles. The van der Waals surface area contributed by atoms with Gasteiger partial charge >= 0.3 is 11.9 Å². The van der Waals surface area contributed by atoms with Crippen LogP contribution in [-0.2, 0) is 4.79 Å². The summed E-state index contributed by atoms with van der Waals surface area (Å²) in [5.41, 5.74) is 0.838. The number of hydrogen-bond acceptors (Lipinski definition) is 3. The largest absolute Gasteiger partial charge is 0.445 e. The van der Waals surface area contributed by atoms with E-state index in [9.17, 15) is 9.59 Å². The summed E-state index contributed by atoms with van der Waals surface area (Å²) in [5.74, 6) is -0.555. The van der Waals surface area contributed by atoms with Gasteiger partial charge in [-0.15, -0.1) is 4.99 Å². The molecule has 2 aliphatic rings. The van der Waals surface area contributed by atoms with Gasteiger partial charge in [-0.25, -0.2) is 4.79 Å². The van der Waals surface area contributed by atoms with Crippen molar-refractivity contribution in [1.82, 2.24) is 4.90 Å². The number of allylic oxidation sites excluding steroid dienone is 1. The zero-order valence-corrected chi connectivity index (χ0v) is 10.7. The highest BCUT2D eigenvalue weighted by molar-refractivity contribution is 6.37. The normalized spacial score (nSPS) is 24.7. The van der Waals surface area contributed by atoms with Crippen LogP contribution in [-0.4, -0.2) is 47.6 Å². The van der Waals surface area contributed by atoms with E-state index in [0.29, 0.717) is 17.3 Å². The fraction of sp³-hybridized carbons (Fsp3) is 0.455. The van der Waals surface area contributed by atoms with Gasteiger partial charge in [-0.2, -0.15) is 9.48 Å². The van der Waals surface area contributed by atoms with Crippen molar-refractivity contribution in [3.05, 3.63) is 10.6 Å². The minimum absolute atomic E-state index is 0.323. The lowest BCUT2D eigenvalue weighted by atomic mass is 9.97. The smallest absolute Gasteiger partial charge is 0.255 e. The summed E-state index contributed by atoms with van der Waals surface area (Å²) in [6, 6.07) is -0.386. The van der Waals surface area contributed by atoms with E-state index < -0.39 is 5.92 Å². The average Bonchev–Trinajstić information content (AvgIpc) is 2.33. The van der Waals surface area contributed by atoms with Crippen LogP contribution in [0, 0.1) is 5.92 Å². The third-order valence-electron chi connectivity index (χ3n) is 3.05. The number of amides is 3. The van der Waals surface area contributed by atoms with Crippen molar-refractivity contribution in [2.45, 2.75) is 13.3 Å². The fourth-order valence-electron chi connectivity index (χ4n) is 1.95. The second-order valence-corrected chi connectivity index (χ2v) is 4.42. The molecule has 1 atom stereocenters. The molecule has 17 heavy (non-hydrogen) atoms. The van der Waals surface area contributed by atoms with E-state index in [4.69, 9.17) is 11.6 Å². The minimum atomic E-state index is -0.635. The van der Waals surface area contributed by atoms with Crippen molar-refractivity contribution >= 4 is 35.6 Å². The van der Waals surface area contributed by atoms with E-state index in [1.807, 2.05) is 6.92 Å². The molecule has 0 spiro atoms. The SMILES string of the molecule is CCC1=C(Cl)C2C(=O)N(C)C(=O)[N+](C)=C2N=C1. The molecule has 6 heteroatoms. The number of fused-ring (bicyclic) bond motifs is 1. The van der Waals surface area contributed by atoms with Gasteiger partial charge < -0.3 is 0 Å². The molecule has 3 amide bonds. The van der Waals surface area contributed by atoms with E-state index in [1.165, 1.54) is 11.6 Å². The Balaban J connectivity index is 2.61. The molecule has 0 bridgehead atoms. The molecule has 0 N–H and O–H groups in total. The zero-order chi connectivity index (χ0) is 12.7. The zero-order valence-electron chi connectivity index (χ0n) is 9.90. The van der Waals surface area contributed by atoms with Crippen LogP contribution in [0.5, 0.6) is 0 Å². The molecule has 1 unspecified atom stereocenters. The van der Waals surface area contributed by atoms with Crippen molar-refractivity contribution in [3.63, 3.8) is 0 Å². The topological polar surface area (TPSA) is 52.8 Å². The Morgan fingerprint density at radius 1 is 1.53 bits per heavy atom. The molecule has 0 aromatic heterocycles. The maximum atomic E-state index is 12.1. The molecule has 2 aliphatic heterocycles. The number of urea groups is 1. The maximum absolute atomic E-state index is 12.1. The highest BCUT2D eigenvalue weighted by Crippen LogP contribution is 2.30. The van der Waals surface area contributed by atoms with Crippen molar-refractivity contribution in [2.75, 3.05) is 14.1 Å². The molecule has 0 radical (unpaired) electrons. The van der Waals surface area contributed by atoms with Crippen LogP contribution in [0.3, 0.4) is 0 Å². The molecule has 0 fully saturated rings. The lowest BCUT2D eigenvalue weighted by Crippen LogP contribution is -2.52. The molecule has 0 aromatic rings. The maximum Gasteiger partial charge on any atom is 0.445 e. The number of nitrogens with zero attached hydrogens (tertiary/aromatic N) is 3. The van der Waals surface area contributed by atoms with Crippen LogP contribution in [0.1, 0.15) is 13.3 Å². The van der Waals surface area contributed by atoms with Crippen LogP contribution >= 0.6 is 11.6 Å². The summed E-state index contributed by atoms with van der Waals surface area (Å²) in [6.07, 6.45) is 2.33. The van der Waals surface area contributed by atoms with Gasteiger partial charge in [0.1, 0.15) is 6.21 Å². The van der Waals surface area contributed by atoms with E-state index >= 15 is 0 Å². The number of rotatable bonds is 1. The molecule has 5 nitrogen and oxygen atoms in total. The summed E-state index contributed by atoms with van der Waals surface area (Å²) in [5, 5.41) is 0.466. The molecule has 2 heterocycles. The first-order valence-electron chi connectivity index (χ1n) is 5.33. The predicted molar refractivity (Wildman–Crippen MR) is 64.5 cm³/mol. The Kier molecular flexibility index (Phi) is 2.87. The van der Waals surface area contributed by atoms with Crippen LogP contribution in [0.2, 0.25) is 0 Å². The van der Waals surface area contributed by atoms with E-state index in [-0.39, 0.29) is 11.9 Å². The van der Waals surface area contributed by atoms with Crippen LogP contribution in [0.15, 0.2) is 15.6 Å². The molecular weight excluding hydrogens is 242 g/mol. The first-order valence-corrected chi connectivity index (χ1v) is 5.71. The Bertz CT molecular complexity index is 505. The number of amidine groups is 1. The average molecular weight is 255 g/mol. The number of imide groups is 1. The van der Waals surface area contributed by atoms with Gasteiger partial charge in [-0.1, -0.05) is 18.5 Å². The van der Waals surface area contributed by atoms with Gasteiger partial charge in [0.15, 0.2) is 5.92 Å². The Hall–Kier alpha value is -1.49. The number of halogens is 1. The number of hydrogen-bond donors (Lipinski definition) is 0. The van der Waals surface area contributed by atoms with Gasteiger partial charge in [0.2, 0.25) is 0 Å². The van der Waals surface area contributed by atoms with E-state index in [1.54, 1.807) is 13.3 Å². The first kappa shape index (κ1) is 12.0. The van der Waals surface area contributed by atoms with Crippen LogP contribution in [0.25, 0.3) is 0 Å². The second-order valence-electron chi connectivity index (χ2n) is 4.01. The molecule has 90 valence electrons. The number of dihydropyridines is 1. The third-order valence-corrected chi connectivity index (χ3v) is 3.51. The molecule has 2 rings (SSSR count). The highest BCUT2D eigenvalue weighted by atomic mass is 35.5. The number of carbonyl (C=O) groups excluding carboxylic acids is 2. The second kappa shape index (κ2) is 4.07. The third kappa shape index (κ3) is 1.61. The lowest BCUT2D eigenvalue weighted by Gasteiger charge is -2.25. The van der Waals surface area contributed by atoms with Gasteiger partial charge in [0, 0.05) is 10.6 Å². The summed E-state index contributed by atoms with van der Waals surface area (Å²) in [6.45, 7) is 1.95. The summed E-state index contributed by atoms with van der Waals surface area (Å²) >= 11 is 6.21. The molecule has 0 saturated carbocycles. The molecule has 0 aromatic carbocycles. The molecule has 0 saturated heterocycles. The van der Waals surface area contributed by atoms with Crippen molar-refractivity contribution in [1.29, 1.82) is 0 Å². The van der Waals surface area contributed by atoms with Crippen molar-refractivity contribution in [2.24, 2.45) is 10.9 Å². The fourth-order valence-corrected chi connectivity index (χ4v) is 2.32. The standard InChI is InChI=1S/C11H13ClN3O2/c1-4-6-5-13-9-7(8(6)12)10(16)15(3)11(17)14(9)2/h5,7H,4H2,1-3H3/q+1. The van der Waals surface area contributed by atoms with Gasteiger partial charge in [0.05, 0.1) is 14.1 Å². The van der Waals surface area contributed by atoms with Crippen LogP contribution < -0.4 is 0 Å². The Labute approximate surface area is 104 Å².